The number of halogens is 3. The first-order chi connectivity index (χ1) is 9.30. The number of hydrogen-bond acceptors (Lipinski definition) is 5. The zero-order valence-electron chi connectivity index (χ0n) is 9.98. The van der Waals surface area contributed by atoms with E-state index >= 15 is 0 Å². The van der Waals surface area contributed by atoms with Gasteiger partial charge in [0, 0.05) is 0 Å². The van der Waals surface area contributed by atoms with Crippen molar-refractivity contribution >= 4 is 23.2 Å². The van der Waals surface area contributed by atoms with Crippen molar-refractivity contribution in [1.29, 1.82) is 0 Å². The van der Waals surface area contributed by atoms with Crippen LogP contribution in [-0.4, -0.2) is 50.6 Å². The van der Waals surface area contributed by atoms with E-state index in [9.17, 15) is 24.2 Å². The van der Waals surface area contributed by atoms with Crippen LogP contribution in [-0.2, 0) is 9.73 Å². The number of nitrogens with zero attached hydrogens (tertiary/aromatic N) is 1. The highest BCUT2D eigenvalue weighted by Gasteiger charge is 2.58. The predicted octanol–water partition coefficient (Wildman–Crippen LogP) is -1.07. The molecule has 0 amide bonds. The number of aromatic amines is 1. The van der Waals surface area contributed by atoms with Gasteiger partial charge in [0.1, 0.15) is 11.7 Å². The molecule has 10 heteroatoms. The fourth-order valence-electron chi connectivity index (χ4n) is 2.02. The van der Waals surface area contributed by atoms with E-state index in [1.165, 1.54) is 0 Å². The molecule has 3 atom stereocenters. The Balaban J connectivity index is 2.56. The fraction of sp³-hybridized carbons (Fsp3) is 0.600. The molecule has 20 heavy (non-hydrogen) atoms. The van der Waals surface area contributed by atoms with Gasteiger partial charge in [-0.15, -0.1) is 11.6 Å². The average molecular weight is 329 g/mol. The molecule has 1 aromatic heterocycles. The Morgan fingerprint density at radius 2 is 2.25 bits per heavy atom. The van der Waals surface area contributed by atoms with Crippen LogP contribution in [0.4, 0.5) is 4.39 Å². The van der Waals surface area contributed by atoms with Crippen molar-refractivity contribution in [3.63, 3.8) is 0 Å². The fourth-order valence-corrected chi connectivity index (χ4v) is 2.70. The van der Waals surface area contributed by atoms with Crippen LogP contribution in [0.25, 0.3) is 0 Å². The third-order valence-electron chi connectivity index (χ3n) is 3.27. The van der Waals surface area contributed by atoms with Gasteiger partial charge in [-0.05, 0) is 0 Å². The largest absolute Gasteiger partial charge is 0.393 e. The zero-order valence-corrected chi connectivity index (χ0v) is 11.5. The molecule has 2 rings (SSSR count). The summed E-state index contributed by atoms with van der Waals surface area (Å²) in [4.78, 5) is 22.5. The van der Waals surface area contributed by atoms with E-state index in [4.69, 9.17) is 27.9 Å². The van der Waals surface area contributed by atoms with Crippen molar-refractivity contribution in [2.24, 2.45) is 0 Å². The molecule has 2 heterocycles. The van der Waals surface area contributed by atoms with Gasteiger partial charge in [-0.25, -0.2) is 4.79 Å². The minimum Gasteiger partial charge on any atom is -0.393 e. The standard InChI is InChI=1S/C10H11Cl2FN2O5/c11-2-9(3-16)7(18)10(12,4-20-9)15-1-5(13)6(17)14-8(15)19/h1,7,16,18H,2-4H2,(H,14,17,19)/t7-,9-,10+/m1/s1. The summed E-state index contributed by atoms with van der Waals surface area (Å²) in [5.74, 6) is -1.54. The van der Waals surface area contributed by atoms with Gasteiger partial charge < -0.3 is 14.9 Å². The van der Waals surface area contributed by atoms with Gasteiger partial charge in [0.2, 0.25) is 5.82 Å². The molecule has 0 saturated carbocycles. The Morgan fingerprint density at radius 1 is 1.60 bits per heavy atom. The number of ether oxygens (including phenoxy) is 1. The van der Waals surface area contributed by atoms with Gasteiger partial charge >= 0.3 is 5.69 Å². The molecule has 0 bridgehead atoms. The number of nitrogens with one attached hydrogen (secondary N) is 1. The van der Waals surface area contributed by atoms with Gasteiger partial charge in [0.05, 0.1) is 25.3 Å². The zero-order chi connectivity index (χ0) is 15.1. The van der Waals surface area contributed by atoms with Gasteiger partial charge in [0.15, 0.2) is 5.00 Å². The van der Waals surface area contributed by atoms with Gasteiger partial charge in [-0.3, -0.25) is 14.3 Å². The molecule has 0 spiro atoms. The number of hydrogen-bond donors (Lipinski definition) is 3. The van der Waals surface area contributed by atoms with E-state index in [2.05, 4.69) is 0 Å². The van der Waals surface area contributed by atoms with Crippen LogP contribution in [0.15, 0.2) is 15.8 Å². The van der Waals surface area contributed by atoms with Crippen LogP contribution in [0, 0.1) is 5.82 Å². The molecule has 0 aliphatic carbocycles. The van der Waals surface area contributed by atoms with Crippen molar-refractivity contribution in [1.82, 2.24) is 9.55 Å². The second-order valence-corrected chi connectivity index (χ2v) is 5.39. The van der Waals surface area contributed by atoms with Crippen molar-refractivity contribution < 1.29 is 19.3 Å². The van der Waals surface area contributed by atoms with Crippen LogP contribution in [0.2, 0.25) is 0 Å². The van der Waals surface area contributed by atoms with E-state index in [0.29, 0.717) is 10.8 Å². The minimum absolute atomic E-state index is 0.292. The van der Waals surface area contributed by atoms with Crippen LogP contribution >= 0.6 is 23.2 Å². The third-order valence-corrected chi connectivity index (χ3v) is 4.22. The number of aliphatic hydroxyl groups is 2. The number of rotatable bonds is 3. The highest BCUT2D eigenvalue weighted by Crippen LogP contribution is 2.41. The predicted molar refractivity (Wildman–Crippen MR) is 67.6 cm³/mol. The number of alkyl halides is 2. The van der Waals surface area contributed by atoms with Gasteiger partial charge in [-0.1, -0.05) is 11.6 Å². The maximum absolute atomic E-state index is 13.3. The summed E-state index contributed by atoms with van der Waals surface area (Å²) in [5.41, 5.74) is -3.79. The van der Waals surface area contributed by atoms with E-state index in [-0.39, 0.29) is 5.88 Å². The second kappa shape index (κ2) is 5.12. The summed E-state index contributed by atoms with van der Waals surface area (Å²) >= 11 is 11.8. The maximum Gasteiger partial charge on any atom is 0.330 e. The first-order valence-electron chi connectivity index (χ1n) is 5.50. The summed E-state index contributed by atoms with van der Waals surface area (Å²) < 4.78 is 19.1. The topological polar surface area (TPSA) is 105 Å². The molecule has 0 unspecified atom stereocenters. The molecule has 1 aliphatic rings. The Bertz CT molecular complexity index is 629. The Kier molecular flexibility index (Phi) is 3.96. The SMILES string of the molecule is O=c1[nH]c(=O)n([C@@]2(Cl)CO[C@@](CO)(CCl)[C@H]2O)cc1F. The highest BCUT2D eigenvalue weighted by molar-refractivity contribution is 6.23. The highest BCUT2D eigenvalue weighted by atomic mass is 35.5. The van der Waals surface area contributed by atoms with E-state index in [0.717, 1.165) is 0 Å². The van der Waals surface area contributed by atoms with Gasteiger partial charge in [-0.2, -0.15) is 4.39 Å². The van der Waals surface area contributed by atoms with Crippen molar-refractivity contribution in [3.05, 3.63) is 32.9 Å². The normalized spacial score (nSPS) is 33.5. The molecular weight excluding hydrogens is 318 g/mol. The summed E-state index contributed by atoms with van der Waals surface area (Å²) in [6, 6.07) is 0. The molecule has 1 aliphatic heterocycles. The minimum atomic E-state index is -1.89. The average Bonchev–Trinajstić information content (AvgIpc) is 2.68. The number of H-pyrrole nitrogens is 1. The molecule has 1 saturated heterocycles. The third kappa shape index (κ3) is 2.08. The Hall–Kier alpha value is -0.930. The van der Waals surface area contributed by atoms with Crippen LogP contribution < -0.4 is 11.2 Å². The molecule has 0 radical (unpaired) electrons. The summed E-state index contributed by atoms with van der Waals surface area (Å²) in [5, 5.41) is 19.5. The lowest BCUT2D eigenvalue weighted by atomic mass is 9.96. The van der Waals surface area contributed by atoms with Crippen LogP contribution in [0.1, 0.15) is 0 Å². The van der Waals surface area contributed by atoms with E-state index in [1.807, 2.05) is 0 Å². The number of aromatic nitrogens is 2. The van der Waals surface area contributed by atoms with Crippen LogP contribution in [0.5, 0.6) is 0 Å². The summed E-state index contributed by atoms with van der Waals surface area (Å²) in [6.07, 6.45) is -1.02. The van der Waals surface area contributed by atoms with Crippen molar-refractivity contribution in [2.75, 3.05) is 19.1 Å². The van der Waals surface area contributed by atoms with E-state index < -0.39 is 47.0 Å². The lowest BCUT2D eigenvalue weighted by molar-refractivity contribution is -0.0766. The Morgan fingerprint density at radius 3 is 2.75 bits per heavy atom. The van der Waals surface area contributed by atoms with Crippen molar-refractivity contribution in [2.45, 2.75) is 16.7 Å². The monoisotopic (exact) mass is 328 g/mol. The molecule has 7 nitrogen and oxygen atoms in total. The maximum atomic E-state index is 13.3. The molecule has 112 valence electrons. The molecule has 1 fully saturated rings. The van der Waals surface area contributed by atoms with Gasteiger partial charge in [0.25, 0.3) is 5.56 Å². The molecular formula is C10H11Cl2FN2O5. The molecule has 1 aromatic rings. The molecule has 3 N–H and O–H groups in total. The molecule has 0 aromatic carbocycles. The lowest BCUT2D eigenvalue weighted by Gasteiger charge is -2.32. The Labute approximate surface area is 121 Å². The lowest BCUT2D eigenvalue weighted by Crippen LogP contribution is -2.54. The van der Waals surface area contributed by atoms with Crippen molar-refractivity contribution in [3.8, 4) is 0 Å². The van der Waals surface area contributed by atoms with E-state index in [1.54, 1.807) is 4.98 Å². The summed E-state index contributed by atoms with van der Waals surface area (Å²) in [6.45, 7) is -1.05. The quantitative estimate of drug-likeness (QED) is 0.613. The first-order valence-corrected chi connectivity index (χ1v) is 6.42. The summed E-state index contributed by atoms with van der Waals surface area (Å²) in [7, 11) is 0. The number of aliphatic hydroxyl groups excluding tert-OH is 2. The van der Waals surface area contributed by atoms with Crippen LogP contribution in [0.3, 0.4) is 0 Å². The second-order valence-electron chi connectivity index (χ2n) is 4.47. The first kappa shape index (κ1) is 15.5. The smallest absolute Gasteiger partial charge is 0.330 e.